The minimum atomic E-state index is 1.08. The Labute approximate surface area is 123 Å². The molecule has 0 unspecified atom stereocenters. The van der Waals surface area contributed by atoms with Crippen LogP contribution < -0.4 is 0 Å². The van der Waals surface area contributed by atoms with Crippen LogP contribution >= 0.6 is 0 Å². The maximum absolute atomic E-state index is 3.64. The zero-order chi connectivity index (χ0) is 14.0. The van der Waals surface area contributed by atoms with E-state index >= 15 is 0 Å². The Kier molecular flexibility index (Phi) is 17.5. The normalized spacial score (nSPS) is 10.8. The Hall–Kier alpha value is -0.260. The fourth-order valence-corrected chi connectivity index (χ4v) is 2.62. The number of unbranched alkanes of at least 4 members (excludes halogenated alkanes) is 15. The zero-order valence-corrected chi connectivity index (χ0v) is 13.5. The van der Waals surface area contributed by atoms with Crippen molar-refractivity contribution in [1.29, 1.82) is 0 Å². The van der Waals surface area contributed by atoms with Crippen molar-refractivity contribution in [2.75, 3.05) is 0 Å². The van der Waals surface area contributed by atoms with Crippen molar-refractivity contribution in [1.82, 2.24) is 0 Å². The second kappa shape index (κ2) is 17.7. The molecule has 0 aromatic carbocycles. The largest absolute Gasteiger partial charge is 0.0956 e. The first kappa shape index (κ1) is 18.7. The van der Waals surface area contributed by atoms with Crippen molar-refractivity contribution >= 4 is 0 Å². The third kappa shape index (κ3) is 17.7. The quantitative estimate of drug-likeness (QED) is 0.258. The van der Waals surface area contributed by atoms with Gasteiger partial charge in [0.05, 0.1) is 0 Å². The van der Waals surface area contributed by atoms with Gasteiger partial charge in [0.1, 0.15) is 0 Å². The number of hydrogen-bond donors (Lipinski definition) is 0. The molecule has 0 saturated carbocycles. The van der Waals surface area contributed by atoms with E-state index in [1.54, 1.807) is 0 Å². The molecule has 19 heavy (non-hydrogen) atoms. The molecule has 0 fully saturated rings. The first-order valence-corrected chi connectivity index (χ1v) is 8.91. The molecule has 0 aliphatic heterocycles. The summed E-state index contributed by atoms with van der Waals surface area (Å²) < 4.78 is 0. The summed E-state index contributed by atoms with van der Waals surface area (Å²) >= 11 is 0. The van der Waals surface area contributed by atoms with Crippen molar-refractivity contribution in [2.45, 2.75) is 110 Å². The number of rotatable bonds is 16. The van der Waals surface area contributed by atoms with Gasteiger partial charge in [-0.05, 0) is 12.8 Å². The van der Waals surface area contributed by atoms with E-state index in [1.165, 1.54) is 96.3 Å². The summed E-state index contributed by atoms with van der Waals surface area (Å²) in [4.78, 5) is 0. The molecule has 0 heterocycles. The predicted octanol–water partition coefficient (Wildman–Crippen LogP) is 7.24. The van der Waals surface area contributed by atoms with E-state index in [0.29, 0.717) is 0 Å². The van der Waals surface area contributed by atoms with Crippen LogP contribution in [0.1, 0.15) is 110 Å². The molecular weight excluding hydrogens is 228 g/mol. The Morgan fingerprint density at radius 2 is 0.842 bits per heavy atom. The average molecular weight is 266 g/mol. The van der Waals surface area contributed by atoms with Crippen LogP contribution in [0, 0.1) is 6.08 Å². The standard InChI is InChI=1S/C19H37/c1-3-5-7-9-11-13-15-17-19-18-16-14-12-10-8-6-4-2/h1,4-19H2,2H3. The number of hydrogen-bond acceptors (Lipinski definition) is 0. The maximum Gasteiger partial charge on any atom is -0.0282 e. The summed E-state index contributed by atoms with van der Waals surface area (Å²) in [7, 11) is 0. The van der Waals surface area contributed by atoms with Crippen molar-refractivity contribution in [2.24, 2.45) is 0 Å². The highest BCUT2D eigenvalue weighted by atomic mass is 14.0. The summed E-state index contributed by atoms with van der Waals surface area (Å²) in [5.74, 6) is 0. The predicted molar refractivity (Wildman–Crippen MR) is 88.4 cm³/mol. The topological polar surface area (TPSA) is 0 Å². The van der Waals surface area contributed by atoms with E-state index in [-0.39, 0.29) is 0 Å². The molecule has 0 spiro atoms. The third-order valence-electron chi connectivity index (χ3n) is 3.96. The second-order valence-corrected chi connectivity index (χ2v) is 5.95. The Morgan fingerprint density at radius 3 is 1.16 bits per heavy atom. The fourth-order valence-electron chi connectivity index (χ4n) is 2.62. The van der Waals surface area contributed by atoms with Gasteiger partial charge < -0.3 is 0 Å². The first-order valence-electron chi connectivity index (χ1n) is 8.91. The van der Waals surface area contributed by atoms with Crippen molar-refractivity contribution in [3.63, 3.8) is 0 Å². The highest BCUT2D eigenvalue weighted by Crippen LogP contribution is 2.13. The molecule has 0 heteroatoms. The Bertz CT molecular complexity index is 159. The molecule has 0 saturated heterocycles. The van der Waals surface area contributed by atoms with E-state index in [9.17, 15) is 0 Å². The van der Waals surface area contributed by atoms with Crippen LogP contribution in [0.2, 0.25) is 0 Å². The van der Waals surface area contributed by atoms with Gasteiger partial charge in [0.15, 0.2) is 0 Å². The summed E-state index contributed by atoms with van der Waals surface area (Å²) in [5, 5.41) is 0. The van der Waals surface area contributed by atoms with E-state index < -0.39 is 0 Å². The van der Waals surface area contributed by atoms with Gasteiger partial charge in [-0.2, -0.15) is 0 Å². The van der Waals surface area contributed by atoms with E-state index in [2.05, 4.69) is 19.6 Å². The lowest BCUT2D eigenvalue weighted by molar-refractivity contribution is 0.532. The van der Waals surface area contributed by atoms with Crippen molar-refractivity contribution < 1.29 is 0 Å². The fraction of sp³-hybridized carbons (Fsp3) is 0.895. The van der Waals surface area contributed by atoms with Gasteiger partial charge in [-0.3, -0.25) is 0 Å². The molecule has 0 nitrogen and oxygen atoms in total. The molecule has 0 atom stereocenters. The van der Waals surface area contributed by atoms with Crippen molar-refractivity contribution in [3.05, 3.63) is 12.7 Å². The maximum atomic E-state index is 3.64. The molecule has 0 rings (SSSR count). The van der Waals surface area contributed by atoms with Crippen LogP contribution in [0.25, 0.3) is 0 Å². The molecule has 113 valence electrons. The molecule has 0 aromatic rings. The molecule has 0 N–H and O–H groups in total. The Morgan fingerprint density at radius 1 is 0.526 bits per heavy atom. The molecule has 1 radical (unpaired) electrons. The number of allylic oxidation sites excluding steroid dienone is 1. The van der Waals surface area contributed by atoms with E-state index in [0.717, 1.165) is 6.42 Å². The second-order valence-electron chi connectivity index (χ2n) is 5.95. The lowest BCUT2D eigenvalue weighted by atomic mass is 10.0. The lowest BCUT2D eigenvalue weighted by Gasteiger charge is -2.03. The SMILES string of the molecule is C=[C]CCCCCCCCCCCCCCCCC. The summed E-state index contributed by atoms with van der Waals surface area (Å²) in [5.41, 5.74) is 0. The van der Waals surface area contributed by atoms with Crippen LogP contribution in [0.4, 0.5) is 0 Å². The van der Waals surface area contributed by atoms with Crippen LogP contribution in [-0.4, -0.2) is 0 Å². The van der Waals surface area contributed by atoms with Gasteiger partial charge in [-0.1, -0.05) is 109 Å². The summed E-state index contributed by atoms with van der Waals surface area (Å²) in [6.45, 7) is 5.93. The molecule has 0 aliphatic rings. The van der Waals surface area contributed by atoms with Gasteiger partial charge in [-0.25, -0.2) is 0 Å². The van der Waals surface area contributed by atoms with Crippen LogP contribution in [0.15, 0.2) is 6.58 Å². The van der Waals surface area contributed by atoms with Gasteiger partial charge in [0, 0.05) is 0 Å². The molecule has 0 aliphatic carbocycles. The summed E-state index contributed by atoms with van der Waals surface area (Å²) in [6, 6.07) is 0. The monoisotopic (exact) mass is 265 g/mol. The molecule has 0 amide bonds. The molecule has 0 aromatic heterocycles. The highest BCUT2D eigenvalue weighted by molar-refractivity contribution is 4.55. The molecule has 0 bridgehead atoms. The minimum absolute atomic E-state index is 1.08. The summed E-state index contributed by atoms with van der Waals surface area (Å²) in [6.07, 6.45) is 25.6. The van der Waals surface area contributed by atoms with E-state index in [1.807, 2.05) is 0 Å². The minimum Gasteiger partial charge on any atom is -0.0956 e. The smallest absolute Gasteiger partial charge is 0.0282 e. The molecular formula is C19H37. The van der Waals surface area contributed by atoms with Gasteiger partial charge in [-0.15, -0.1) is 0 Å². The van der Waals surface area contributed by atoms with E-state index in [4.69, 9.17) is 0 Å². The van der Waals surface area contributed by atoms with Crippen molar-refractivity contribution in [3.8, 4) is 0 Å². The van der Waals surface area contributed by atoms with Gasteiger partial charge in [0.2, 0.25) is 0 Å². The lowest BCUT2D eigenvalue weighted by Crippen LogP contribution is -1.83. The first-order chi connectivity index (χ1) is 9.41. The van der Waals surface area contributed by atoms with Gasteiger partial charge >= 0.3 is 0 Å². The van der Waals surface area contributed by atoms with Crippen LogP contribution in [0.3, 0.4) is 0 Å². The van der Waals surface area contributed by atoms with Crippen LogP contribution in [0.5, 0.6) is 0 Å². The average Bonchev–Trinajstić information content (AvgIpc) is 2.43. The van der Waals surface area contributed by atoms with Gasteiger partial charge in [0.25, 0.3) is 0 Å². The Balaban J connectivity index is 2.89. The highest BCUT2D eigenvalue weighted by Gasteiger charge is 1.93. The van der Waals surface area contributed by atoms with Crippen LogP contribution in [-0.2, 0) is 0 Å². The third-order valence-corrected chi connectivity index (χ3v) is 3.96. The zero-order valence-electron chi connectivity index (χ0n) is 13.5.